The van der Waals surface area contributed by atoms with Gasteiger partial charge in [0.25, 0.3) is 0 Å². The Morgan fingerprint density at radius 3 is 2.27 bits per heavy atom. The highest BCUT2D eigenvalue weighted by atomic mass is 32.2. The molecule has 2 fully saturated rings. The molecule has 1 aliphatic carbocycles. The summed E-state index contributed by atoms with van der Waals surface area (Å²) in [6, 6.07) is 16.4. The second-order valence-electron chi connectivity index (χ2n) is 8.30. The number of benzene rings is 2. The van der Waals surface area contributed by atoms with Gasteiger partial charge in [0.2, 0.25) is 5.91 Å². The number of nitrogens with one attached hydrogen (secondary N) is 2. The van der Waals surface area contributed by atoms with E-state index in [2.05, 4.69) is 16.7 Å². The van der Waals surface area contributed by atoms with Crippen LogP contribution in [0.15, 0.2) is 53.4 Å². The van der Waals surface area contributed by atoms with Crippen LogP contribution in [0.1, 0.15) is 24.8 Å². The molecule has 1 heterocycles. The Morgan fingerprint density at radius 2 is 1.77 bits per heavy atom. The van der Waals surface area contributed by atoms with E-state index in [-0.39, 0.29) is 11.9 Å². The van der Waals surface area contributed by atoms with Crippen LogP contribution in [0.25, 0.3) is 11.1 Å². The molecule has 156 valence electrons. The minimum Gasteiger partial charge on any atom is -0.339 e. The predicted molar refractivity (Wildman–Crippen MR) is 114 cm³/mol. The molecular weight excluding hydrogens is 398 g/mol. The van der Waals surface area contributed by atoms with E-state index in [1.54, 1.807) is 24.3 Å². The normalized spacial score (nSPS) is 23.7. The van der Waals surface area contributed by atoms with E-state index >= 15 is 0 Å². The molecule has 2 bridgehead atoms. The van der Waals surface area contributed by atoms with Crippen LogP contribution in [-0.4, -0.2) is 38.7 Å². The Hall–Kier alpha value is -2.69. The van der Waals surface area contributed by atoms with Crippen molar-refractivity contribution >= 4 is 15.7 Å². The summed E-state index contributed by atoms with van der Waals surface area (Å²) in [5, 5.41) is 15.8. The molecule has 1 aliphatic heterocycles. The molecule has 0 radical (unpaired) electrons. The van der Waals surface area contributed by atoms with Gasteiger partial charge in [-0.05, 0) is 54.0 Å². The molecule has 4 rings (SSSR count). The Labute approximate surface area is 177 Å². The highest BCUT2D eigenvalue weighted by molar-refractivity contribution is 7.90. The highest BCUT2D eigenvalue weighted by Gasteiger charge is 2.43. The van der Waals surface area contributed by atoms with Crippen molar-refractivity contribution in [3.05, 3.63) is 54.1 Å². The maximum Gasteiger partial charge on any atom is 0.238 e. The molecule has 2 aromatic carbocycles. The van der Waals surface area contributed by atoms with E-state index in [1.165, 1.54) is 6.26 Å². The smallest absolute Gasteiger partial charge is 0.238 e. The first-order valence-electron chi connectivity index (χ1n) is 10.2. The third-order valence-electron chi connectivity index (χ3n) is 6.12. The zero-order valence-electron chi connectivity index (χ0n) is 16.8. The quantitative estimate of drug-likeness (QED) is 0.744. The first kappa shape index (κ1) is 20.6. The van der Waals surface area contributed by atoms with Crippen LogP contribution >= 0.6 is 0 Å². The zero-order chi connectivity index (χ0) is 21.3. The molecular formula is C23H25N3O3S. The van der Waals surface area contributed by atoms with Gasteiger partial charge in [-0.2, -0.15) is 5.26 Å². The van der Waals surface area contributed by atoms with Gasteiger partial charge in [-0.1, -0.05) is 36.4 Å². The number of hydrogen-bond donors (Lipinski definition) is 2. The SMILES string of the molecule is CS(=O)(=O)c1ccc(-c2ccc(C[C@@H](C#N)NC(=O)[C@H]3N[C@H]4CC[C@H]3C4)cc2)cc1. The minimum atomic E-state index is -3.21. The second-order valence-corrected chi connectivity index (χ2v) is 10.3. The zero-order valence-corrected chi connectivity index (χ0v) is 17.7. The highest BCUT2D eigenvalue weighted by Crippen LogP contribution is 2.35. The summed E-state index contributed by atoms with van der Waals surface area (Å²) in [6.07, 6.45) is 4.91. The first-order valence-corrected chi connectivity index (χ1v) is 12.1. The lowest BCUT2D eigenvalue weighted by molar-refractivity contribution is -0.124. The van der Waals surface area contributed by atoms with E-state index in [9.17, 15) is 18.5 Å². The fraction of sp³-hybridized carbons (Fsp3) is 0.391. The molecule has 1 saturated carbocycles. The van der Waals surface area contributed by atoms with Gasteiger partial charge in [0.05, 0.1) is 17.0 Å². The predicted octanol–water partition coefficient (Wildman–Crippen LogP) is 2.45. The van der Waals surface area contributed by atoms with Crippen molar-refractivity contribution < 1.29 is 13.2 Å². The number of nitrogens with zero attached hydrogens (tertiary/aromatic N) is 1. The number of hydrogen-bond acceptors (Lipinski definition) is 5. The Balaban J connectivity index is 1.38. The summed E-state index contributed by atoms with van der Waals surface area (Å²) in [4.78, 5) is 12.9. The largest absolute Gasteiger partial charge is 0.339 e. The summed E-state index contributed by atoms with van der Waals surface area (Å²) in [5.41, 5.74) is 2.84. The molecule has 30 heavy (non-hydrogen) atoms. The van der Waals surface area contributed by atoms with Crippen LogP contribution in [0.5, 0.6) is 0 Å². The molecule has 0 spiro atoms. The summed E-state index contributed by atoms with van der Waals surface area (Å²) < 4.78 is 23.2. The number of nitriles is 1. The third kappa shape index (κ3) is 4.40. The van der Waals surface area contributed by atoms with Gasteiger partial charge in [-0.15, -0.1) is 0 Å². The van der Waals surface area contributed by atoms with Gasteiger partial charge < -0.3 is 10.6 Å². The van der Waals surface area contributed by atoms with Crippen LogP contribution in [0.4, 0.5) is 0 Å². The summed E-state index contributed by atoms with van der Waals surface area (Å²) >= 11 is 0. The number of amides is 1. The fourth-order valence-electron chi connectivity index (χ4n) is 4.50. The van der Waals surface area contributed by atoms with Crippen molar-refractivity contribution in [1.82, 2.24) is 10.6 Å². The molecule has 4 atom stereocenters. The lowest BCUT2D eigenvalue weighted by atomic mass is 9.98. The van der Waals surface area contributed by atoms with E-state index in [1.807, 2.05) is 24.3 Å². The first-order chi connectivity index (χ1) is 14.3. The number of piperidine rings is 1. The van der Waals surface area contributed by atoms with Crippen molar-refractivity contribution in [2.45, 2.75) is 48.7 Å². The van der Waals surface area contributed by atoms with Crippen LogP contribution in [0.2, 0.25) is 0 Å². The summed E-state index contributed by atoms with van der Waals surface area (Å²) in [6.45, 7) is 0. The molecule has 2 aromatic rings. The molecule has 7 heteroatoms. The second kappa shape index (κ2) is 8.21. The molecule has 1 amide bonds. The number of fused-ring (bicyclic) bond motifs is 2. The number of sulfone groups is 1. The topological polar surface area (TPSA) is 99.1 Å². The van der Waals surface area contributed by atoms with E-state index in [0.717, 1.165) is 36.0 Å². The number of carbonyl (C=O) groups excluding carboxylic acids is 1. The van der Waals surface area contributed by atoms with E-state index < -0.39 is 15.9 Å². The van der Waals surface area contributed by atoms with Crippen molar-refractivity contribution in [2.24, 2.45) is 5.92 Å². The lowest BCUT2D eigenvalue weighted by Crippen LogP contribution is -2.50. The van der Waals surface area contributed by atoms with Crippen molar-refractivity contribution in [3.8, 4) is 17.2 Å². The average molecular weight is 424 g/mol. The molecule has 0 aromatic heterocycles. The average Bonchev–Trinajstić information content (AvgIpc) is 3.37. The minimum absolute atomic E-state index is 0.0728. The van der Waals surface area contributed by atoms with Crippen LogP contribution in [0.3, 0.4) is 0 Å². The fourth-order valence-corrected chi connectivity index (χ4v) is 5.13. The Bertz CT molecular complexity index is 1070. The van der Waals surface area contributed by atoms with Crippen molar-refractivity contribution in [3.63, 3.8) is 0 Å². The van der Waals surface area contributed by atoms with Crippen molar-refractivity contribution in [1.29, 1.82) is 5.26 Å². The molecule has 2 N–H and O–H groups in total. The van der Waals surface area contributed by atoms with E-state index in [4.69, 9.17) is 0 Å². The molecule has 2 aliphatic rings. The maximum atomic E-state index is 12.6. The van der Waals surface area contributed by atoms with Gasteiger partial charge in [0.1, 0.15) is 6.04 Å². The Kier molecular flexibility index (Phi) is 5.63. The van der Waals surface area contributed by atoms with Crippen LogP contribution in [-0.2, 0) is 21.1 Å². The van der Waals surface area contributed by atoms with Gasteiger partial charge in [-0.25, -0.2) is 8.42 Å². The molecule has 1 saturated heterocycles. The standard InChI is InChI=1S/C23H25N3O3S/c1-30(28,29)21-10-7-17(8-11-21)16-4-2-15(3-5-16)12-20(14-24)26-23(27)22-18-6-9-19(13-18)25-22/h2-5,7-8,10-11,18-20,22,25H,6,9,12-13H2,1H3,(H,26,27)/t18-,19-,20-,22-/m0/s1. The maximum absolute atomic E-state index is 12.6. The van der Waals surface area contributed by atoms with Crippen LogP contribution < -0.4 is 10.6 Å². The Morgan fingerprint density at radius 1 is 1.13 bits per heavy atom. The monoisotopic (exact) mass is 423 g/mol. The van der Waals surface area contributed by atoms with Gasteiger partial charge in [0, 0.05) is 18.7 Å². The summed E-state index contributed by atoms with van der Waals surface area (Å²) in [7, 11) is -3.21. The molecule has 6 nitrogen and oxygen atoms in total. The molecule has 0 unspecified atom stereocenters. The van der Waals surface area contributed by atoms with Gasteiger partial charge in [-0.3, -0.25) is 4.79 Å². The van der Waals surface area contributed by atoms with Gasteiger partial charge in [0.15, 0.2) is 9.84 Å². The van der Waals surface area contributed by atoms with E-state index in [0.29, 0.717) is 23.3 Å². The van der Waals surface area contributed by atoms with Gasteiger partial charge >= 0.3 is 0 Å². The van der Waals surface area contributed by atoms with Crippen molar-refractivity contribution in [2.75, 3.05) is 6.26 Å². The number of rotatable bonds is 6. The number of carbonyl (C=O) groups is 1. The van der Waals surface area contributed by atoms with Crippen LogP contribution in [0, 0.1) is 17.2 Å². The third-order valence-corrected chi connectivity index (χ3v) is 7.25. The summed E-state index contributed by atoms with van der Waals surface area (Å²) in [5.74, 6) is 0.319. The lowest BCUT2D eigenvalue weighted by Gasteiger charge is -2.23.